The molecule has 1 N–H and O–H groups in total. The Morgan fingerprint density at radius 2 is 2.17 bits per heavy atom. The lowest BCUT2D eigenvalue weighted by Gasteiger charge is -2.08. The molecule has 0 amide bonds. The lowest BCUT2D eigenvalue weighted by atomic mass is 10.1. The Bertz CT molecular complexity index is 477. The average molecular weight is 244 g/mol. The molecule has 18 heavy (non-hydrogen) atoms. The van der Waals surface area contributed by atoms with Crippen LogP contribution in [0.3, 0.4) is 0 Å². The van der Waals surface area contributed by atoms with Crippen molar-refractivity contribution in [2.45, 2.75) is 33.4 Å². The summed E-state index contributed by atoms with van der Waals surface area (Å²) in [6.45, 7) is 7.14. The highest BCUT2D eigenvalue weighted by Crippen LogP contribution is 2.10. The van der Waals surface area contributed by atoms with Crippen LogP contribution < -0.4 is 5.32 Å². The van der Waals surface area contributed by atoms with Crippen LogP contribution in [-0.2, 0) is 13.1 Å². The van der Waals surface area contributed by atoms with Gasteiger partial charge in [-0.25, -0.2) is 0 Å². The van der Waals surface area contributed by atoms with Crippen LogP contribution >= 0.6 is 0 Å². The van der Waals surface area contributed by atoms with Gasteiger partial charge in [-0.1, -0.05) is 29.0 Å². The van der Waals surface area contributed by atoms with Crippen LogP contribution in [0.1, 0.15) is 23.1 Å². The number of nitrogens with zero attached hydrogens (tertiary/aromatic N) is 3. The Kier molecular flexibility index (Phi) is 4.47. The smallest absolute Gasteiger partial charge is 0.0692 e. The van der Waals surface area contributed by atoms with E-state index in [1.807, 2.05) is 10.9 Å². The van der Waals surface area contributed by atoms with E-state index in [-0.39, 0.29) is 0 Å². The second kappa shape index (κ2) is 6.31. The first-order valence-corrected chi connectivity index (χ1v) is 6.36. The van der Waals surface area contributed by atoms with Gasteiger partial charge in [0.15, 0.2) is 0 Å². The monoisotopic (exact) mass is 244 g/mol. The summed E-state index contributed by atoms with van der Waals surface area (Å²) in [7, 11) is 0. The molecular formula is C14H20N4. The van der Waals surface area contributed by atoms with Crippen LogP contribution in [0.2, 0.25) is 0 Å². The van der Waals surface area contributed by atoms with E-state index >= 15 is 0 Å². The van der Waals surface area contributed by atoms with Gasteiger partial charge in [-0.15, -0.1) is 5.10 Å². The Hall–Kier alpha value is -1.68. The Balaban J connectivity index is 1.70. The molecule has 1 aromatic carbocycles. The van der Waals surface area contributed by atoms with Gasteiger partial charge in [0.2, 0.25) is 0 Å². The molecule has 2 rings (SSSR count). The second-order valence-corrected chi connectivity index (χ2v) is 4.63. The van der Waals surface area contributed by atoms with Gasteiger partial charge in [-0.2, -0.15) is 0 Å². The zero-order valence-electron chi connectivity index (χ0n) is 11.1. The predicted octanol–water partition coefficient (Wildman–Crippen LogP) is 2.07. The van der Waals surface area contributed by atoms with E-state index in [1.54, 1.807) is 6.20 Å². The molecule has 0 aliphatic carbocycles. The largest absolute Gasteiger partial charge is 0.313 e. The van der Waals surface area contributed by atoms with Crippen LogP contribution in [0.15, 0.2) is 30.6 Å². The van der Waals surface area contributed by atoms with Gasteiger partial charge < -0.3 is 5.32 Å². The van der Waals surface area contributed by atoms with Crippen molar-refractivity contribution in [2.24, 2.45) is 0 Å². The normalized spacial score (nSPS) is 10.8. The third kappa shape index (κ3) is 3.67. The number of aromatic nitrogens is 3. The number of aryl methyl sites for hydroxylation is 3. The molecule has 0 spiro atoms. The van der Waals surface area contributed by atoms with Gasteiger partial charge in [-0.3, -0.25) is 4.68 Å². The van der Waals surface area contributed by atoms with Gasteiger partial charge in [0.25, 0.3) is 0 Å². The molecule has 0 unspecified atom stereocenters. The molecule has 0 radical (unpaired) electrons. The second-order valence-electron chi connectivity index (χ2n) is 4.63. The summed E-state index contributed by atoms with van der Waals surface area (Å²) < 4.78 is 1.86. The molecule has 4 heteroatoms. The van der Waals surface area contributed by atoms with Crippen molar-refractivity contribution < 1.29 is 0 Å². The van der Waals surface area contributed by atoms with Crippen molar-refractivity contribution in [2.75, 3.05) is 6.54 Å². The van der Waals surface area contributed by atoms with Crippen LogP contribution in [0.25, 0.3) is 0 Å². The standard InChI is InChI=1S/C14H20N4/c1-12-4-5-13(2)14(10-12)11-15-6-3-8-18-9-7-16-17-18/h4-5,7,9-10,15H,3,6,8,11H2,1-2H3. The van der Waals surface area contributed by atoms with Crippen molar-refractivity contribution in [1.29, 1.82) is 0 Å². The van der Waals surface area contributed by atoms with E-state index in [4.69, 9.17) is 0 Å². The zero-order valence-corrected chi connectivity index (χ0v) is 11.1. The summed E-state index contributed by atoms with van der Waals surface area (Å²) in [5.41, 5.74) is 4.06. The Labute approximate surface area is 108 Å². The molecular weight excluding hydrogens is 224 g/mol. The van der Waals surface area contributed by atoms with Gasteiger partial charge >= 0.3 is 0 Å². The summed E-state index contributed by atoms with van der Waals surface area (Å²) in [4.78, 5) is 0. The van der Waals surface area contributed by atoms with Crippen LogP contribution in [0.4, 0.5) is 0 Å². The third-order valence-electron chi connectivity index (χ3n) is 3.03. The maximum Gasteiger partial charge on any atom is 0.0692 e. The maximum atomic E-state index is 3.94. The number of benzene rings is 1. The maximum absolute atomic E-state index is 3.94. The minimum absolute atomic E-state index is 0.916. The highest BCUT2D eigenvalue weighted by atomic mass is 15.4. The highest BCUT2D eigenvalue weighted by Gasteiger charge is 1.98. The molecule has 4 nitrogen and oxygen atoms in total. The highest BCUT2D eigenvalue weighted by molar-refractivity contribution is 5.30. The zero-order chi connectivity index (χ0) is 12.8. The summed E-state index contributed by atoms with van der Waals surface area (Å²) in [5, 5.41) is 11.2. The van der Waals surface area contributed by atoms with Crippen LogP contribution in [0.5, 0.6) is 0 Å². The van der Waals surface area contributed by atoms with E-state index in [2.05, 4.69) is 47.7 Å². The minimum Gasteiger partial charge on any atom is -0.313 e. The molecule has 0 aliphatic rings. The average Bonchev–Trinajstić information content (AvgIpc) is 2.86. The van der Waals surface area contributed by atoms with Crippen molar-refractivity contribution in [3.8, 4) is 0 Å². The minimum atomic E-state index is 0.916. The van der Waals surface area contributed by atoms with E-state index in [9.17, 15) is 0 Å². The number of hydrogen-bond donors (Lipinski definition) is 1. The molecule has 1 aromatic heterocycles. The Morgan fingerprint density at radius 3 is 2.94 bits per heavy atom. The first-order chi connectivity index (χ1) is 8.75. The first-order valence-electron chi connectivity index (χ1n) is 6.36. The van der Waals surface area contributed by atoms with Crippen LogP contribution in [0, 0.1) is 13.8 Å². The fraction of sp³-hybridized carbons (Fsp3) is 0.429. The molecule has 1 heterocycles. The molecule has 0 atom stereocenters. The lowest BCUT2D eigenvalue weighted by Crippen LogP contribution is -2.17. The number of rotatable bonds is 6. The number of nitrogens with one attached hydrogen (secondary N) is 1. The predicted molar refractivity (Wildman–Crippen MR) is 72.3 cm³/mol. The molecule has 96 valence electrons. The topological polar surface area (TPSA) is 42.7 Å². The fourth-order valence-corrected chi connectivity index (χ4v) is 1.93. The van der Waals surface area contributed by atoms with Crippen LogP contribution in [-0.4, -0.2) is 21.5 Å². The molecule has 0 saturated heterocycles. The summed E-state index contributed by atoms with van der Waals surface area (Å²) in [5.74, 6) is 0. The quantitative estimate of drug-likeness (QED) is 0.791. The van der Waals surface area contributed by atoms with Gasteiger partial charge in [0, 0.05) is 19.3 Å². The van der Waals surface area contributed by atoms with Gasteiger partial charge in [-0.05, 0) is 37.9 Å². The molecule has 2 aromatic rings. The van der Waals surface area contributed by atoms with E-state index < -0.39 is 0 Å². The summed E-state index contributed by atoms with van der Waals surface area (Å²) in [6.07, 6.45) is 4.67. The number of hydrogen-bond acceptors (Lipinski definition) is 3. The molecule has 0 aliphatic heterocycles. The van der Waals surface area contributed by atoms with Gasteiger partial charge in [0.05, 0.1) is 6.20 Å². The summed E-state index contributed by atoms with van der Waals surface area (Å²) in [6, 6.07) is 6.59. The van der Waals surface area contributed by atoms with Gasteiger partial charge in [0.1, 0.15) is 0 Å². The van der Waals surface area contributed by atoms with E-state index in [1.165, 1.54) is 16.7 Å². The van der Waals surface area contributed by atoms with E-state index in [0.717, 1.165) is 26.1 Å². The van der Waals surface area contributed by atoms with Crippen molar-refractivity contribution in [3.63, 3.8) is 0 Å². The molecule has 0 bridgehead atoms. The SMILES string of the molecule is Cc1ccc(C)c(CNCCCn2ccnn2)c1. The molecule has 0 saturated carbocycles. The van der Waals surface area contributed by atoms with Crippen molar-refractivity contribution in [3.05, 3.63) is 47.3 Å². The first kappa shape index (κ1) is 12.8. The molecule has 0 fully saturated rings. The summed E-state index contributed by atoms with van der Waals surface area (Å²) >= 11 is 0. The van der Waals surface area contributed by atoms with Crippen molar-refractivity contribution in [1.82, 2.24) is 20.3 Å². The van der Waals surface area contributed by atoms with E-state index in [0.29, 0.717) is 0 Å². The lowest BCUT2D eigenvalue weighted by molar-refractivity contribution is 0.530. The van der Waals surface area contributed by atoms with Crippen molar-refractivity contribution >= 4 is 0 Å². The fourth-order valence-electron chi connectivity index (χ4n) is 1.93. The Morgan fingerprint density at radius 1 is 1.28 bits per heavy atom. The third-order valence-corrected chi connectivity index (χ3v) is 3.03.